The van der Waals surface area contributed by atoms with Crippen LogP contribution < -0.4 is 14.9 Å². The van der Waals surface area contributed by atoms with Gasteiger partial charge in [-0.05, 0) is 53.3 Å². The lowest BCUT2D eigenvalue weighted by molar-refractivity contribution is -0.118. The number of hydrogen-bond acceptors (Lipinski definition) is 4. The van der Waals surface area contributed by atoms with Crippen LogP contribution in [0.3, 0.4) is 0 Å². The third-order valence-corrected chi connectivity index (χ3v) is 6.81. The van der Waals surface area contributed by atoms with E-state index in [4.69, 9.17) is 4.99 Å². The molecule has 1 aliphatic carbocycles. The number of benzene rings is 2. The number of carbonyl (C=O) groups excluding carboxylic acids is 1. The minimum atomic E-state index is -0.667. The Morgan fingerprint density at radius 3 is 2.53 bits per heavy atom. The van der Waals surface area contributed by atoms with E-state index < -0.39 is 11.9 Å². The van der Waals surface area contributed by atoms with Crippen molar-refractivity contribution in [3.8, 4) is 0 Å². The maximum atomic E-state index is 13.6. The first-order valence-electron chi connectivity index (χ1n) is 10.3. The summed E-state index contributed by atoms with van der Waals surface area (Å²) in [6, 6.07) is 11.2. The van der Waals surface area contributed by atoms with Crippen molar-refractivity contribution in [1.29, 1.82) is 0 Å². The van der Waals surface area contributed by atoms with Gasteiger partial charge in [-0.3, -0.25) is 14.2 Å². The van der Waals surface area contributed by atoms with E-state index in [1.54, 1.807) is 30.3 Å². The third-order valence-electron chi connectivity index (χ3n) is 5.83. The molecule has 0 spiro atoms. The summed E-state index contributed by atoms with van der Waals surface area (Å²) in [5, 5.41) is 0. The summed E-state index contributed by atoms with van der Waals surface area (Å²) in [5.74, 6) is -0.828. The van der Waals surface area contributed by atoms with Gasteiger partial charge in [0.1, 0.15) is 11.6 Å². The largest absolute Gasteiger partial charge is 0.294 e. The zero-order chi connectivity index (χ0) is 22.6. The van der Waals surface area contributed by atoms with Crippen molar-refractivity contribution >= 4 is 23.2 Å². The van der Waals surface area contributed by atoms with Crippen molar-refractivity contribution in [3.05, 3.63) is 102 Å². The molecule has 1 atom stereocenters. The molecule has 0 fully saturated rings. The van der Waals surface area contributed by atoms with E-state index in [0.29, 0.717) is 44.6 Å². The zero-order valence-electron chi connectivity index (χ0n) is 17.6. The number of nitrogens with zero attached hydrogens (tertiary/aromatic N) is 2. The standard InChI is InChI=1S/C25H20F2N2O2S/c1-25(2)12-18-21(19(30)13-25)22(15-6-8-16(26)9-7-15)29-23(31)20(32-24(29)28-18)11-14-4-3-5-17(27)10-14/h3-11,22H,12-13H2,1-2H3. The second-order valence-electron chi connectivity index (χ2n) is 8.99. The van der Waals surface area contributed by atoms with Gasteiger partial charge in [0.25, 0.3) is 5.56 Å². The van der Waals surface area contributed by atoms with Gasteiger partial charge in [0.2, 0.25) is 0 Å². The fraction of sp³-hybridized carbons (Fsp3) is 0.240. The van der Waals surface area contributed by atoms with Crippen LogP contribution in [0.1, 0.15) is 43.9 Å². The summed E-state index contributed by atoms with van der Waals surface area (Å²) >= 11 is 1.21. The first-order valence-corrected chi connectivity index (χ1v) is 11.1. The van der Waals surface area contributed by atoms with Gasteiger partial charge in [-0.25, -0.2) is 13.8 Å². The molecule has 162 valence electrons. The van der Waals surface area contributed by atoms with Gasteiger partial charge in [-0.15, -0.1) is 0 Å². The summed E-state index contributed by atoms with van der Waals surface area (Å²) < 4.78 is 29.2. The number of fused-ring (bicyclic) bond motifs is 1. The highest BCUT2D eigenvalue weighted by Gasteiger charge is 2.40. The molecule has 1 unspecified atom stereocenters. The molecule has 32 heavy (non-hydrogen) atoms. The summed E-state index contributed by atoms with van der Waals surface area (Å²) in [6.07, 6.45) is 2.60. The lowest BCUT2D eigenvalue weighted by Gasteiger charge is -2.35. The van der Waals surface area contributed by atoms with Crippen LogP contribution in [0.5, 0.6) is 0 Å². The van der Waals surface area contributed by atoms with Crippen molar-refractivity contribution in [3.63, 3.8) is 0 Å². The van der Waals surface area contributed by atoms with Crippen LogP contribution in [-0.2, 0) is 4.79 Å². The number of thiazole rings is 1. The molecule has 2 heterocycles. The smallest absolute Gasteiger partial charge is 0.271 e. The lowest BCUT2D eigenvalue weighted by atomic mass is 9.73. The minimum absolute atomic E-state index is 0.0475. The molecular formula is C25H20F2N2O2S. The van der Waals surface area contributed by atoms with Crippen molar-refractivity contribution in [2.45, 2.75) is 32.7 Å². The quantitative estimate of drug-likeness (QED) is 0.595. The Hall–Kier alpha value is -3.19. The predicted molar refractivity (Wildman–Crippen MR) is 119 cm³/mol. The second kappa shape index (κ2) is 7.45. The van der Waals surface area contributed by atoms with Gasteiger partial charge in [0, 0.05) is 12.0 Å². The van der Waals surface area contributed by atoms with E-state index in [1.807, 2.05) is 13.8 Å². The van der Waals surface area contributed by atoms with Crippen LogP contribution >= 0.6 is 11.3 Å². The van der Waals surface area contributed by atoms with Crippen LogP contribution in [-0.4, -0.2) is 10.4 Å². The number of Topliss-reactive ketones (excluding diaryl/α,β-unsaturated/α-hetero) is 1. The number of carbonyl (C=O) groups is 1. The van der Waals surface area contributed by atoms with Crippen molar-refractivity contribution in [2.24, 2.45) is 10.4 Å². The monoisotopic (exact) mass is 450 g/mol. The Kier molecular flexibility index (Phi) is 4.82. The minimum Gasteiger partial charge on any atom is -0.294 e. The topological polar surface area (TPSA) is 51.4 Å². The maximum Gasteiger partial charge on any atom is 0.271 e. The maximum absolute atomic E-state index is 13.6. The second-order valence-corrected chi connectivity index (χ2v) is 10.00. The Morgan fingerprint density at radius 2 is 1.81 bits per heavy atom. The van der Waals surface area contributed by atoms with E-state index in [9.17, 15) is 18.4 Å². The average molecular weight is 451 g/mol. The molecule has 0 bridgehead atoms. The molecule has 3 aromatic rings. The Balaban J connectivity index is 1.77. The molecule has 0 N–H and O–H groups in total. The van der Waals surface area contributed by atoms with Crippen LogP contribution in [0.25, 0.3) is 6.08 Å². The van der Waals surface area contributed by atoms with Gasteiger partial charge in [-0.1, -0.05) is 49.4 Å². The number of halogens is 2. The number of aromatic nitrogens is 1. The Morgan fingerprint density at radius 1 is 1.06 bits per heavy atom. The van der Waals surface area contributed by atoms with Crippen LogP contribution in [0.4, 0.5) is 8.78 Å². The normalized spacial score (nSPS) is 20.1. The first kappa shape index (κ1) is 20.7. The highest BCUT2D eigenvalue weighted by Crippen LogP contribution is 2.43. The summed E-state index contributed by atoms with van der Waals surface area (Å²) in [4.78, 5) is 31.8. The molecule has 0 radical (unpaired) electrons. The van der Waals surface area contributed by atoms with E-state index in [-0.39, 0.29) is 22.6 Å². The molecule has 0 saturated carbocycles. The van der Waals surface area contributed by atoms with E-state index in [2.05, 4.69) is 0 Å². The number of hydrogen-bond donors (Lipinski definition) is 0. The highest BCUT2D eigenvalue weighted by molar-refractivity contribution is 7.07. The molecule has 5 rings (SSSR count). The molecular weight excluding hydrogens is 430 g/mol. The number of rotatable bonds is 2. The zero-order valence-corrected chi connectivity index (χ0v) is 18.4. The highest BCUT2D eigenvalue weighted by atomic mass is 32.1. The van der Waals surface area contributed by atoms with Crippen molar-refractivity contribution < 1.29 is 13.6 Å². The van der Waals surface area contributed by atoms with Crippen LogP contribution in [0.15, 0.2) is 69.6 Å². The molecule has 7 heteroatoms. The van der Waals surface area contributed by atoms with Gasteiger partial charge in [0.15, 0.2) is 10.6 Å². The fourth-order valence-corrected chi connectivity index (χ4v) is 5.48. The van der Waals surface area contributed by atoms with E-state index >= 15 is 0 Å². The Labute approximate surface area is 186 Å². The van der Waals surface area contributed by atoms with Gasteiger partial charge in [0.05, 0.1) is 16.3 Å². The number of allylic oxidation sites excluding steroid dienone is 2. The fourth-order valence-electron chi connectivity index (χ4n) is 4.46. The van der Waals surface area contributed by atoms with E-state index in [1.165, 1.54) is 40.2 Å². The van der Waals surface area contributed by atoms with E-state index in [0.717, 1.165) is 0 Å². The summed E-state index contributed by atoms with van der Waals surface area (Å²) in [7, 11) is 0. The average Bonchev–Trinajstić information content (AvgIpc) is 3.01. The molecule has 0 amide bonds. The molecule has 4 nitrogen and oxygen atoms in total. The van der Waals surface area contributed by atoms with Gasteiger partial charge < -0.3 is 0 Å². The van der Waals surface area contributed by atoms with Crippen molar-refractivity contribution in [1.82, 2.24) is 4.57 Å². The Bertz CT molecular complexity index is 1460. The SMILES string of the molecule is CC1(C)CC(=O)C2=C(C1)N=c1sc(=Cc3cccc(F)c3)c(=O)n1C2c1ccc(F)cc1. The van der Waals surface area contributed by atoms with Crippen molar-refractivity contribution in [2.75, 3.05) is 0 Å². The van der Waals surface area contributed by atoms with Gasteiger partial charge >= 0.3 is 0 Å². The summed E-state index contributed by atoms with van der Waals surface area (Å²) in [5.41, 5.74) is 1.86. The lowest BCUT2D eigenvalue weighted by Crippen LogP contribution is -2.42. The molecule has 0 saturated heterocycles. The van der Waals surface area contributed by atoms with Crippen LogP contribution in [0, 0.1) is 17.0 Å². The molecule has 2 aromatic carbocycles. The molecule has 1 aromatic heterocycles. The third kappa shape index (κ3) is 3.56. The number of ketones is 1. The van der Waals surface area contributed by atoms with Gasteiger partial charge in [-0.2, -0.15) is 0 Å². The summed E-state index contributed by atoms with van der Waals surface area (Å²) in [6.45, 7) is 4.05. The molecule has 1 aliphatic heterocycles. The molecule has 2 aliphatic rings. The predicted octanol–water partition coefficient (Wildman–Crippen LogP) is 3.88. The first-order chi connectivity index (χ1) is 15.2. The van der Waals surface area contributed by atoms with Crippen LogP contribution in [0.2, 0.25) is 0 Å².